The molecule has 18 heavy (non-hydrogen) atoms. The third kappa shape index (κ3) is 2.32. The Morgan fingerprint density at radius 3 is 3.17 bits per heavy atom. The lowest BCUT2D eigenvalue weighted by molar-refractivity contribution is 0.382. The molecule has 0 aromatic carbocycles. The predicted molar refractivity (Wildman–Crippen MR) is 76.9 cm³/mol. The Labute approximate surface area is 117 Å². The summed E-state index contributed by atoms with van der Waals surface area (Å²) in [5.74, 6) is 0.219. The number of nitriles is 1. The molecule has 4 atom stereocenters. The molecular weight excluding hydrogens is 260 g/mol. The van der Waals surface area contributed by atoms with E-state index in [-0.39, 0.29) is 5.92 Å². The molecule has 0 spiro atoms. The van der Waals surface area contributed by atoms with E-state index in [0.717, 1.165) is 12.8 Å². The van der Waals surface area contributed by atoms with Crippen LogP contribution in [0.4, 0.5) is 0 Å². The average molecular weight is 278 g/mol. The Hall–Kier alpha value is -0.500. The van der Waals surface area contributed by atoms with Crippen molar-refractivity contribution in [2.75, 3.05) is 0 Å². The van der Waals surface area contributed by atoms with Crippen molar-refractivity contribution in [3.05, 3.63) is 17.0 Å². The summed E-state index contributed by atoms with van der Waals surface area (Å²) < 4.78 is 1.47. The van der Waals surface area contributed by atoms with Gasteiger partial charge in [-0.3, -0.25) is 0 Å². The molecule has 0 bridgehead atoms. The Morgan fingerprint density at radius 1 is 1.44 bits per heavy atom. The fraction of sp³-hybridized carbons (Fsp3) is 0.643. The summed E-state index contributed by atoms with van der Waals surface area (Å²) in [5, 5.41) is 15.8. The first kappa shape index (κ1) is 12.5. The van der Waals surface area contributed by atoms with E-state index in [2.05, 4.69) is 29.8 Å². The van der Waals surface area contributed by atoms with Gasteiger partial charge in [-0.15, -0.1) is 23.1 Å². The topological polar surface area (TPSA) is 35.8 Å². The number of fused-ring (bicyclic) bond motifs is 1. The fourth-order valence-corrected chi connectivity index (χ4v) is 5.65. The highest BCUT2D eigenvalue weighted by molar-refractivity contribution is 8.01. The van der Waals surface area contributed by atoms with Gasteiger partial charge in [0.2, 0.25) is 0 Å². The first-order valence-electron chi connectivity index (χ1n) is 6.67. The molecule has 1 fully saturated rings. The molecule has 1 aromatic heterocycles. The predicted octanol–water partition coefficient (Wildman–Crippen LogP) is 3.96. The van der Waals surface area contributed by atoms with Crippen LogP contribution in [0.25, 0.3) is 0 Å². The van der Waals surface area contributed by atoms with E-state index in [1.54, 1.807) is 0 Å². The van der Waals surface area contributed by atoms with E-state index in [9.17, 15) is 5.26 Å². The molecule has 96 valence electrons. The van der Waals surface area contributed by atoms with Crippen LogP contribution in [0.5, 0.6) is 0 Å². The van der Waals surface area contributed by atoms with E-state index in [1.165, 1.54) is 22.6 Å². The monoisotopic (exact) mass is 278 g/mol. The smallest absolute Gasteiger partial charge is 0.0672 e. The van der Waals surface area contributed by atoms with Crippen LogP contribution in [0, 0.1) is 17.2 Å². The van der Waals surface area contributed by atoms with Gasteiger partial charge in [-0.1, -0.05) is 13.3 Å². The first-order chi connectivity index (χ1) is 8.78. The molecule has 3 rings (SSSR count). The highest BCUT2D eigenvalue weighted by atomic mass is 32.2. The summed E-state index contributed by atoms with van der Waals surface area (Å²) in [6, 6.07) is 5.59. The SMILES string of the molecule is C[C@H]1CC(NC2CCCC2C#N)c2ccsc2S1. The molecule has 0 radical (unpaired) electrons. The van der Waals surface area contributed by atoms with Crippen LogP contribution in [0.2, 0.25) is 0 Å². The maximum absolute atomic E-state index is 9.18. The van der Waals surface area contributed by atoms with Gasteiger partial charge in [-0.05, 0) is 36.3 Å². The van der Waals surface area contributed by atoms with Crippen molar-refractivity contribution in [3.8, 4) is 6.07 Å². The summed E-state index contributed by atoms with van der Waals surface area (Å²) in [5.41, 5.74) is 1.46. The molecule has 2 heterocycles. The van der Waals surface area contributed by atoms with Gasteiger partial charge >= 0.3 is 0 Å². The number of nitrogens with one attached hydrogen (secondary N) is 1. The largest absolute Gasteiger partial charge is 0.306 e. The first-order valence-corrected chi connectivity index (χ1v) is 8.43. The highest BCUT2D eigenvalue weighted by Crippen LogP contribution is 2.44. The van der Waals surface area contributed by atoms with E-state index in [0.29, 0.717) is 17.3 Å². The van der Waals surface area contributed by atoms with Crippen LogP contribution < -0.4 is 5.32 Å². The van der Waals surface area contributed by atoms with Gasteiger partial charge in [0.05, 0.1) is 16.2 Å². The lowest BCUT2D eigenvalue weighted by Gasteiger charge is -2.31. The van der Waals surface area contributed by atoms with Crippen LogP contribution in [-0.4, -0.2) is 11.3 Å². The van der Waals surface area contributed by atoms with Crippen LogP contribution in [0.1, 0.15) is 44.2 Å². The van der Waals surface area contributed by atoms with Crippen molar-refractivity contribution in [1.29, 1.82) is 5.26 Å². The Balaban J connectivity index is 1.76. The van der Waals surface area contributed by atoms with Crippen molar-refractivity contribution in [2.45, 2.75) is 54.1 Å². The van der Waals surface area contributed by atoms with Crippen LogP contribution in [-0.2, 0) is 0 Å². The zero-order valence-corrected chi connectivity index (χ0v) is 12.2. The molecule has 1 aromatic rings. The average Bonchev–Trinajstić information content (AvgIpc) is 2.96. The molecule has 1 saturated carbocycles. The number of hydrogen-bond donors (Lipinski definition) is 1. The van der Waals surface area contributed by atoms with E-state index < -0.39 is 0 Å². The second-order valence-corrected chi connectivity index (χ2v) is 7.94. The third-order valence-corrected chi connectivity index (χ3v) is 6.35. The maximum Gasteiger partial charge on any atom is 0.0672 e. The van der Waals surface area contributed by atoms with Crippen LogP contribution in [0.3, 0.4) is 0 Å². The van der Waals surface area contributed by atoms with Crippen molar-refractivity contribution in [3.63, 3.8) is 0 Å². The fourth-order valence-electron chi connectivity index (χ4n) is 3.08. The Morgan fingerprint density at radius 2 is 2.33 bits per heavy atom. The van der Waals surface area contributed by atoms with Crippen molar-refractivity contribution in [2.24, 2.45) is 5.92 Å². The molecule has 2 nitrogen and oxygen atoms in total. The maximum atomic E-state index is 9.18. The van der Waals surface area contributed by atoms with Gasteiger partial charge in [0.1, 0.15) is 0 Å². The number of hydrogen-bond acceptors (Lipinski definition) is 4. The molecule has 1 N–H and O–H groups in total. The number of nitrogens with zero attached hydrogens (tertiary/aromatic N) is 1. The second kappa shape index (κ2) is 5.24. The molecule has 4 heteroatoms. The normalized spacial score (nSPS) is 35.1. The zero-order valence-electron chi connectivity index (χ0n) is 10.6. The van der Waals surface area contributed by atoms with Gasteiger partial charge in [0.25, 0.3) is 0 Å². The minimum Gasteiger partial charge on any atom is -0.306 e. The molecule has 2 aliphatic rings. The van der Waals surface area contributed by atoms with Gasteiger partial charge in [0.15, 0.2) is 0 Å². The molecule has 1 aliphatic carbocycles. The summed E-state index contributed by atoms with van der Waals surface area (Å²) in [7, 11) is 0. The quantitative estimate of drug-likeness (QED) is 0.889. The molecule has 1 aliphatic heterocycles. The van der Waals surface area contributed by atoms with Gasteiger partial charge in [-0.25, -0.2) is 0 Å². The third-order valence-electron chi connectivity index (χ3n) is 4.01. The van der Waals surface area contributed by atoms with Crippen molar-refractivity contribution in [1.82, 2.24) is 5.32 Å². The Kier molecular flexibility index (Phi) is 3.65. The van der Waals surface area contributed by atoms with E-state index >= 15 is 0 Å². The van der Waals surface area contributed by atoms with E-state index in [4.69, 9.17) is 0 Å². The standard InChI is InChI=1S/C14H18N2S2/c1-9-7-13(11-5-6-17-14(11)18-9)16-12-4-2-3-10(12)8-15/h5-6,9-10,12-13,16H,2-4,7H2,1H3/t9-,10?,12?,13?/m0/s1. The minimum atomic E-state index is 0.219. The highest BCUT2D eigenvalue weighted by Gasteiger charge is 2.32. The molecule has 3 unspecified atom stereocenters. The minimum absolute atomic E-state index is 0.219. The van der Waals surface area contributed by atoms with Crippen LogP contribution >= 0.6 is 23.1 Å². The molecule has 0 amide bonds. The Bertz CT molecular complexity index is 463. The summed E-state index contributed by atoms with van der Waals surface area (Å²) in [4.78, 5) is 0. The summed E-state index contributed by atoms with van der Waals surface area (Å²) in [6.07, 6.45) is 4.61. The van der Waals surface area contributed by atoms with Crippen molar-refractivity contribution >= 4 is 23.1 Å². The molecular formula is C14H18N2S2. The lowest BCUT2D eigenvalue weighted by atomic mass is 10.00. The second-order valence-electron chi connectivity index (χ2n) is 5.32. The van der Waals surface area contributed by atoms with Gasteiger partial charge in [-0.2, -0.15) is 5.26 Å². The van der Waals surface area contributed by atoms with E-state index in [1.807, 2.05) is 23.1 Å². The molecule has 0 saturated heterocycles. The lowest BCUT2D eigenvalue weighted by Crippen LogP contribution is -2.37. The number of thioether (sulfide) groups is 1. The number of thiophene rings is 1. The summed E-state index contributed by atoms with van der Waals surface area (Å²) >= 11 is 3.86. The van der Waals surface area contributed by atoms with Gasteiger partial charge < -0.3 is 5.32 Å². The van der Waals surface area contributed by atoms with Crippen LogP contribution in [0.15, 0.2) is 15.7 Å². The summed E-state index contributed by atoms with van der Waals surface area (Å²) in [6.45, 7) is 2.30. The number of rotatable bonds is 2. The zero-order chi connectivity index (χ0) is 12.5. The van der Waals surface area contributed by atoms with Crippen molar-refractivity contribution < 1.29 is 0 Å². The van der Waals surface area contributed by atoms with Gasteiger partial charge in [0, 0.05) is 17.3 Å².